The van der Waals surface area contributed by atoms with Crippen LogP contribution in [0.3, 0.4) is 0 Å². The highest BCUT2D eigenvalue weighted by molar-refractivity contribution is 7.90. The van der Waals surface area contributed by atoms with E-state index in [0.717, 1.165) is 6.26 Å². The summed E-state index contributed by atoms with van der Waals surface area (Å²) in [5, 5.41) is 3.75. The predicted octanol–water partition coefficient (Wildman–Crippen LogP) is 1.10. The maximum Gasteiger partial charge on any atom is 0.222 e. The van der Waals surface area contributed by atoms with Crippen LogP contribution in [0.5, 0.6) is 11.5 Å². The fourth-order valence-corrected chi connectivity index (χ4v) is 2.88. The van der Waals surface area contributed by atoms with Crippen molar-refractivity contribution >= 4 is 15.7 Å². The molecule has 2 N–H and O–H groups in total. The van der Waals surface area contributed by atoms with Crippen molar-refractivity contribution < 1.29 is 22.4 Å². The molecule has 1 aromatic heterocycles. The average Bonchev–Trinajstić information content (AvgIpc) is 2.83. The number of benzene rings is 1. The summed E-state index contributed by atoms with van der Waals surface area (Å²) in [6, 6.07) is 4.46. The predicted molar refractivity (Wildman–Crippen MR) is 70.5 cm³/mol. The lowest BCUT2D eigenvalue weighted by Gasteiger charge is -2.20. The van der Waals surface area contributed by atoms with E-state index in [-0.39, 0.29) is 10.8 Å². The minimum Gasteiger partial charge on any atom is -0.486 e. The van der Waals surface area contributed by atoms with Crippen LogP contribution in [0.4, 0.5) is 5.88 Å². The van der Waals surface area contributed by atoms with Crippen molar-refractivity contribution in [1.82, 2.24) is 5.16 Å². The molecule has 0 radical (unpaired) electrons. The van der Waals surface area contributed by atoms with Gasteiger partial charge in [0.15, 0.2) is 21.3 Å². The van der Waals surface area contributed by atoms with Crippen LogP contribution in [0.2, 0.25) is 0 Å². The zero-order valence-corrected chi connectivity index (χ0v) is 11.4. The molecule has 20 heavy (non-hydrogen) atoms. The molecule has 0 atom stereocenters. The monoisotopic (exact) mass is 296 g/mol. The highest BCUT2D eigenvalue weighted by Gasteiger charge is 2.23. The van der Waals surface area contributed by atoms with E-state index in [1.54, 1.807) is 6.07 Å². The van der Waals surface area contributed by atoms with E-state index in [1.165, 1.54) is 12.1 Å². The van der Waals surface area contributed by atoms with Gasteiger partial charge in [-0.3, -0.25) is 0 Å². The van der Waals surface area contributed by atoms with E-state index in [1.807, 2.05) is 0 Å². The quantitative estimate of drug-likeness (QED) is 0.884. The van der Waals surface area contributed by atoms with Gasteiger partial charge in [-0.2, -0.15) is 0 Å². The zero-order valence-electron chi connectivity index (χ0n) is 10.6. The van der Waals surface area contributed by atoms with Crippen molar-refractivity contribution in [3.63, 3.8) is 0 Å². The summed E-state index contributed by atoms with van der Waals surface area (Å²) in [4.78, 5) is 0.0926. The van der Waals surface area contributed by atoms with Crippen LogP contribution in [0.15, 0.2) is 27.6 Å². The van der Waals surface area contributed by atoms with E-state index >= 15 is 0 Å². The zero-order chi connectivity index (χ0) is 14.3. The molecule has 0 bridgehead atoms. The number of ether oxygens (including phenoxy) is 2. The summed E-state index contributed by atoms with van der Waals surface area (Å²) in [5.41, 5.74) is 6.18. The van der Waals surface area contributed by atoms with Crippen molar-refractivity contribution in [1.29, 1.82) is 0 Å². The average molecular weight is 296 g/mol. The molecule has 0 fully saturated rings. The van der Waals surface area contributed by atoms with Crippen molar-refractivity contribution in [2.45, 2.75) is 4.90 Å². The van der Waals surface area contributed by atoms with Crippen molar-refractivity contribution in [3.05, 3.63) is 18.2 Å². The second-order valence-corrected chi connectivity index (χ2v) is 6.36. The highest BCUT2D eigenvalue weighted by atomic mass is 32.2. The lowest BCUT2D eigenvalue weighted by atomic mass is 10.1. The third kappa shape index (κ3) is 2.18. The van der Waals surface area contributed by atoms with Crippen LogP contribution in [-0.2, 0) is 9.84 Å². The molecular weight excluding hydrogens is 284 g/mol. The molecule has 0 amide bonds. The number of hydrogen-bond donors (Lipinski definition) is 1. The van der Waals surface area contributed by atoms with Gasteiger partial charge < -0.3 is 19.7 Å². The van der Waals surface area contributed by atoms with Gasteiger partial charge in [0.1, 0.15) is 18.9 Å². The summed E-state index contributed by atoms with van der Waals surface area (Å²) in [7, 11) is -3.46. The van der Waals surface area contributed by atoms with Gasteiger partial charge >= 0.3 is 0 Å². The third-order valence-corrected chi connectivity index (χ3v) is 3.98. The number of hydrogen-bond acceptors (Lipinski definition) is 7. The Morgan fingerprint density at radius 1 is 1.15 bits per heavy atom. The van der Waals surface area contributed by atoms with Crippen molar-refractivity contribution in [2.75, 3.05) is 25.2 Å². The van der Waals surface area contributed by atoms with Crippen molar-refractivity contribution in [3.8, 4) is 22.8 Å². The molecule has 8 heteroatoms. The molecule has 3 rings (SSSR count). The molecular formula is C12H12N2O5S. The fourth-order valence-electron chi connectivity index (χ4n) is 1.99. The van der Waals surface area contributed by atoms with Gasteiger partial charge in [-0.05, 0) is 6.07 Å². The Bertz CT molecular complexity index is 766. The molecule has 1 aromatic carbocycles. The molecule has 1 aliphatic heterocycles. The Balaban J connectivity index is 2.26. The minimum atomic E-state index is -3.46. The molecule has 1 aliphatic rings. The Kier molecular flexibility index (Phi) is 2.82. The van der Waals surface area contributed by atoms with Crippen LogP contribution < -0.4 is 15.2 Å². The highest BCUT2D eigenvalue weighted by Crippen LogP contribution is 2.39. The van der Waals surface area contributed by atoms with Gasteiger partial charge in [0.2, 0.25) is 5.88 Å². The van der Waals surface area contributed by atoms with Crippen LogP contribution in [0.1, 0.15) is 0 Å². The standard InChI is InChI=1S/C12H12N2O5S/c1-20(15,16)11-6-10-9(17-2-3-18-10)4-7(11)8-5-12(13)19-14-8/h4-6H,2-3,13H2,1H3. The van der Waals surface area contributed by atoms with Crippen LogP contribution >= 0.6 is 0 Å². The molecule has 7 nitrogen and oxygen atoms in total. The summed E-state index contributed by atoms with van der Waals surface area (Å²) in [5.74, 6) is 0.978. The van der Waals surface area contributed by atoms with Gasteiger partial charge in [-0.15, -0.1) is 0 Å². The van der Waals surface area contributed by atoms with Gasteiger partial charge in [0, 0.05) is 24.0 Å². The van der Waals surface area contributed by atoms with Gasteiger partial charge in [0.25, 0.3) is 0 Å². The van der Waals surface area contributed by atoms with E-state index in [0.29, 0.717) is 36.0 Å². The smallest absolute Gasteiger partial charge is 0.222 e. The van der Waals surface area contributed by atoms with Crippen LogP contribution in [0.25, 0.3) is 11.3 Å². The molecule has 0 saturated heterocycles. The number of sulfone groups is 1. The molecule has 2 aromatic rings. The number of fused-ring (bicyclic) bond motifs is 1. The van der Waals surface area contributed by atoms with Crippen LogP contribution in [-0.4, -0.2) is 33.0 Å². The largest absolute Gasteiger partial charge is 0.486 e. The summed E-state index contributed by atoms with van der Waals surface area (Å²) >= 11 is 0. The Hall–Kier alpha value is -2.22. The minimum absolute atomic E-state index is 0.0926. The first kappa shape index (κ1) is 12.8. The molecule has 0 saturated carbocycles. The number of nitrogens with zero attached hydrogens (tertiary/aromatic N) is 1. The normalized spacial score (nSPS) is 14.2. The number of aromatic nitrogens is 1. The molecule has 2 heterocycles. The SMILES string of the molecule is CS(=O)(=O)c1cc2c(cc1-c1cc(N)on1)OCCO2. The Morgan fingerprint density at radius 2 is 1.80 bits per heavy atom. The lowest BCUT2D eigenvalue weighted by Crippen LogP contribution is -2.16. The first-order valence-corrected chi connectivity index (χ1v) is 7.70. The van der Waals surface area contributed by atoms with E-state index in [2.05, 4.69) is 5.16 Å². The maximum absolute atomic E-state index is 11.9. The second-order valence-electron chi connectivity index (χ2n) is 4.38. The van der Waals surface area contributed by atoms with E-state index < -0.39 is 9.84 Å². The molecule has 106 valence electrons. The van der Waals surface area contributed by atoms with Gasteiger partial charge in [0.05, 0.1) is 4.90 Å². The number of nitrogen functional groups attached to an aromatic ring is 1. The number of nitrogens with two attached hydrogens (primary N) is 1. The van der Waals surface area contributed by atoms with E-state index in [9.17, 15) is 8.42 Å². The Morgan fingerprint density at radius 3 is 2.35 bits per heavy atom. The summed E-state index contributed by atoms with van der Waals surface area (Å²) < 4.78 is 39.5. The maximum atomic E-state index is 11.9. The van der Waals surface area contributed by atoms with Crippen LogP contribution in [0, 0.1) is 0 Å². The molecule has 0 spiro atoms. The van der Waals surface area contributed by atoms with E-state index in [4.69, 9.17) is 19.7 Å². The molecule has 0 unspecified atom stereocenters. The fraction of sp³-hybridized carbons (Fsp3) is 0.250. The number of anilines is 1. The Labute approximate surface area is 115 Å². The first-order chi connectivity index (χ1) is 9.45. The first-order valence-electron chi connectivity index (χ1n) is 5.81. The lowest BCUT2D eigenvalue weighted by molar-refractivity contribution is 0.171. The van der Waals surface area contributed by atoms with Gasteiger partial charge in [-0.1, -0.05) is 5.16 Å². The van der Waals surface area contributed by atoms with Gasteiger partial charge in [-0.25, -0.2) is 8.42 Å². The third-order valence-electron chi connectivity index (χ3n) is 2.85. The number of rotatable bonds is 2. The second kappa shape index (κ2) is 4.41. The molecule has 0 aliphatic carbocycles. The summed E-state index contributed by atoms with van der Waals surface area (Å²) in [6.07, 6.45) is 1.12. The van der Waals surface area contributed by atoms with Crippen molar-refractivity contribution in [2.24, 2.45) is 0 Å². The summed E-state index contributed by atoms with van der Waals surface area (Å²) in [6.45, 7) is 0.790. The topological polar surface area (TPSA) is 105 Å².